The van der Waals surface area contributed by atoms with Crippen molar-refractivity contribution in [1.29, 1.82) is 0 Å². The Hall–Kier alpha value is -1.63. The molecule has 0 saturated heterocycles. The first-order chi connectivity index (χ1) is 7.93. The first kappa shape index (κ1) is 10.9. The number of fused-ring (bicyclic) bond motifs is 2. The molecule has 0 radical (unpaired) electrons. The van der Waals surface area contributed by atoms with Gasteiger partial charge in [0.05, 0.1) is 0 Å². The zero-order chi connectivity index (χ0) is 11.4. The van der Waals surface area contributed by atoms with Crippen molar-refractivity contribution in [1.82, 2.24) is 4.98 Å². The summed E-state index contributed by atoms with van der Waals surface area (Å²) in [6.45, 7) is 4.00. The van der Waals surface area contributed by atoms with Gasteiger partial charge in [-0.3, -0.25) is 4.98 Å². The molecule has 0 bridgehead atoms. The fraction of sp³-hybridized carbons (Fsp3) is 0.267. The Morgan fingerprint density at radius 2 is 1.38 bits per heavy atom. The van der Waals surface area contributed by atoms with Crippen LogP contribution in [0, 0.1) is 0 Å². The molecule has 0 fully saturated rings. The number of rotatable bonds is 0. The molecule has 3 rings (SSSR count). The standard InChI is InChI=1S/C13H11N.C2H6/c1-2-4-11-8-13-9-14-6-5-12(13)7-10(11)3-1;1-2/h1-6,9H,7-8H2;1-2H3. The molecule has 1 heterocycles. The molecule has 16 heavy (non-hydrogen) atoms. The van der Waals surface area contributed by atoms with Crippen LogP contribution in [0.15, 0.2) is 42.7 Å². The maximum absolute atomic E-state index is 4.17. The zero-order valence-electron chi connectivity index (χ0n) is 9.90. The minimum absolute atomic E-state index is 1.04. The van der Waals surface area contributed by atoms with Gasteiger partial charge >= 0.3 is 0 Å². The number of benzene rings is 1. The lowest BCUT2D eigenvalue weighted by Crippen LogP contribution is -2.07. The zero-order valence-corrected chi connectivity index (χ0v) is 9.90. The lowest BCUT2D eigenvalue weighted by Gasteiger charge is -2.18. The summed E-state index contributed by atoms with van der Waals surface area (Å²) in [5.74, 6) is 0. The van der Waals surface area contributed by atoms with E-state index in [1.165, 1.54) is 22.3 Å². The molecule has 0 saturated carbocycles. The summed E-state index contributed by atoms with van der Waals surface area (Å²) in [6.07, 6.45) is 5.98. The maximum atomic E-state index is 4.17. The van der Waals surface area contributed by atoms with E-state index in [9.17, 15) is 0 Å². The van der Waals surface area contributed by atoms with Crippen LogP contribution in [0.3, 0.4) is 0 Å². The third-order valence-electron chi connectivity index (χ3n) is 2.88. The maximum Gasteiger partial charge on any atom is 0.0306 e. The molecule has 0 unspecified atom stereocenters. The van der Waals surface area contributed by atoms with E-state index in [4.69, 9.17) is 0 Å². The molecule has 1 aliphatic carbocycles. The fourth-order valence-electron chi connectivity index (χ4n) is 2.10. The highest BCUT2D eigenvalue weighted by Crippen LogP contribution is 2.25. The van der Waals surface area contributed by atoms with E-state index in [0.29, 0.717) is 0 Å². The van der Waals surface area contributed by atoms with Crippen molar-refractivity contribution in [3.63, 3.8) is 0 Å². The number of hydrogen-bond acceptors (Lipinski definition) is 1. The molecule has 82 valence electrons. The van der Waals surface area contributed by atoms with Gasteiger partial charge in [0.1, 0.15) is 0 Å². The monoisotopic (exact) mass is 211 g/mol. The Morgan fingerprint density at radius 3 is 2.06 bits per heavy atom. The van der Waals surface area contributed by atoms with Crippen LogP contribution >= 0.6 is 0 Å². The van der Waals surface area contributed by atoms with Crippen molar-refractivity contribution in [2.45, 2.75) is 26.7 Å². The second-order valence-corrected chi connectivity index (χ2v) is 3.77. The molecule has 1 nitrogen and oxygen atoms in total. The van der Waals surface area contributed by atoms with Gasteiger partial charge in [-0.15, -0.1) is 0 Å². The summed E-state index contributed by atoms with van der Waals surface area (Å²) in [4.78, 5) is 4.17. The van der Waals surface area contributed by atoms with Crippen LogP contribution < -0.4 is 0 Å². The van der Waals surface area contributed by atoms with Crippen molar-refractivity contribution in [2.24, 2.45) is 0 Å². The van der Waals surface area contributed by atoms with E-state index in [1.807, 2.05) is 26.2 Å². The SMILES string of the molecule is CC.c1ccc2c(c1)Cc1ccncc1C2. The molecular formula is C15H17N. The molecule has 0 N–H and O–H groups in total. The first-order valence-corrected chi connectivity index (χ1v) is 5.92. The van der Waals surface area contributed by atoms with Crippen LogP contribution in [-0.4, -0.2) is 4.98 Å². The minimum Gasteiger partial charge on any atom is -0.264 e. The highest BCUT2D eigenvalue weighted by atomic mass is 14.6. The third kappa shape index (κ3) is 1.99. The van der Waals surface area contributed by atoms with Gasteiger partial charge in [-0.2, -0.15) is 0 Å². The summed E-state index contributed by atoms with van der Waals surface area (Å²) in [6, 6.07) is 10.8. The summed E-state index contributed by atoms with van der Waals surface area (Å²) >= 11 is 0. The third-order valence-corrected chi connectivity index (χ3v) is 2.88. The van der Waals surface area contributed by atoms with Crippen molar-refractivity contribution in [2.75, 3.05) is 0 Å². The molecule has 1 aliphatic rings. The second-order valence-electron chi connectivity index (χ2n) is 3.77. The van der Waals surface area contributed by atoms with Crippen LogP contribution in [0.1, 0.15) is 36.1 Å². The molecule has 0 aliphatic heterocycles. The average Bonchev–Trinajstić information content (AvgIpc) is 2.38. The molecule has 1 heteroatoms. The van der Waals surface area contributed by atoms with Gasteiger partial charge in [-0.05, 0) is 41.2 Å². The van der Waals surface area contributed by atoms with Crippen LogP contribution in [-0.2, 0) is 12.8 Å². The summed E-state index contributed by atoms with van der Waals surface area (Å²) in [7, 11) is 0. The molecule has 2 aromatic rings. The van der Waals surface area contributed by atoms with E-state index in [2.05, 4.69) is 35.3 Å². The van der Waals surface area contributed by atoms with Gasteiger partial charge in [0.2, 0.25) is 0 Å². The van der Waals surface area contributed by atoms with Crippen molar-refractivity contribution < 1.29 is 0 Å². The van der Waals surface area contributed by atoms with Gasteiger partial charge in [0.25, 0.3) is 0 Å². The molecule has 1 aromatic heterocycles. The van der Waals surface area contributed by atoms with Crippen molar-refractivity contribution in [3.8, 4) is 0 Å². The molecule has 0 amide bonds. The van der Waals surface area contributed by atoms with E-state index >= 15 is 0 Å². The summed E-state index contributed by atoms with van der Waals surface area (Å²) in [5, 5.41) is 0. The average molecular weight is 211 g/mol. The lowest BCUT2D eigenvalue weighted by molar-refractivity contribution is 0.982. The lowest BCUT2D eigenvalue weighted by atomic mass is 9.87. The Labute approximate surface area is 97.2 Å². The highest BCUT2D eigenvalue weighted by Gasteiger charge is 2.13. The van der Waals surface area contributed by atoms with Crippen molar-refractivity contribution in [3.05, 3.63) is 65.0 Å². The van der Waals surface area contributed by atoms with E-state index in [-0.39, 0.29) is 0 Å². The number of nitrogens with zero attached hydrogens (tertiary/aromatic N) is 1. The first-order valence-electron chi connectivity index (χ1n) is 5.92. The topological polar surface area (TPSA) is 12.9 Å². The molecule has 1 aromatic carbocycles. The largest absolute Gasteiger partial charge is 0.264 e. The quantitative estimate of drug-likeness (QED) is 0.553. The van der Waals surface area contributed by atoms with Gasteiger partial charge in [0, 0.05) is 12.4 Å². The molecular weight excluding hydrogens is 194 g/mol. The van der Waals surface area contributed by atoms with E-state index < -0.39 is 0 Å². The summed E-state index contributed by atoms with van der Waals surface area (Å²) in [5.41, 5.74) is 5.73. The van der Waals surface area contributed by atoms with Crippen LogP contribution in [0.4, 0.5) is 0 Å². The van der Waals surface area contributed by atoms with Crippen LogP contribution in [0.25, 0.3) is 0 Å². The predicted octanol–water partition coefficient (Wildman–Crippen LogP) is 3.60. The second kappa shape index (κ2) is 4.93. The number of aromatic nitrogens is 1. The Kier molecular flexibility index (Phi) is 3.35. The molecule has 0 spiro atoms. The smallest absolute Gasteiger partial charge is 0.0306 e. The molecule has 0 atom stereocenters. The predicted molar refractivity (Wildman–Crippen MR) is 67.6 cm³/mol. The summed E-state index contributed by atoms with van der Waals surface area (Å²) < 4.78 is 0. The van der Waals surface area contributed by atoms with Gasteiger partial charge in [-0.25, -0.2) is 0 Å². The van der Waals surface area contributed by atoms with Crippen molar-refractivity contribution >= 4 is 0 Å². The normalized spacial score (nSPS) is 11.9. The fourth-order valence-corrected chi connectivity index (χ4v) is 2.10. The van der Waals surface area contributed by atoms with Gasteiger partial charge < -0.3 is 0 Å². The Morgan fingerprint density at radius 1 is 0.812 bits per heavy atom. The number of pyridine rings is 1. The van der Waals surface area contributed by atoms with Gasteiger partial charge in [0.15, 0.2) is 0 Å². The number of hydrogen-bond donors (Lipinski definition) is 0. The Bertz CT molecular complexity index is 387. The van der Waals surface area contributed by atoms with Gasteiger partial charge in [-0.1, -0.05) is 38.1 Å². The van der Waals surface area contributed by atoms with Crippen LogP contribution in [0.2, 0.25) is 0 Å². The minimum atomic E-state index is 1.04. The highest BCUT2D eigenvalue weighted by molar-refractivity contribution is 5.43. The van der Waals surface area contributed by atoms with Crippen LogP contribution in [0.5, 0.6) is 0 Å². The Balaban J connectivity index is 0.000000457. The van der Waals surface area contributed by atoms with E-state index in [0.717, 1.165) is 12.8 Å². The van der Waals surface area contributed by atoms with E-state index in [1.54, 1.807) is 0 Å².